The lowest BCUT2D eigenvalue weighted by Crippen LogP contribution is -2.38. The topological polar surface area (TPSA) is 72.2 Å². The highest BCUT2D eigenvalue weighted by atomic mass is 32.2. The van der Waals surface area contributed by atoms with Crippen LogP contribution >= 0.6 is 11.8 Å². The van der Waals surface area contributed by atoms with Gasteiger partial charge in [-0.05, 0) is 12.2 Å². The van der Waals surface area contributed by atoms with Crippen LogP contribution in [0.3, 0.4) is 0 Å². The van der Waals surface area contributed by atoms with E-state index in [-0.39, 0.29) is 11.8 Å². The summed E-state index contributed by atoms with van der Waals surface area (Å²) in [5, 5.41) is 0. The van der Waals surface area contributed by atoms with Crippen molar-refractivity contribution in [2.24, 2.45) is 5.84 Å². The number of hydrazine groups is 1. The lowest BCUT2D eigenvalue weighted by Gasteiger charge is -2.13. The van der Waals surface area contributed by atoms with E-state index < -0.39 is 9.84 Å². The van der Waals surface area contributed by atoms with Crippen LogP contribution in [-0.2, 0) is 9.84 Å². The molecular formula is C7H18N2O2S2. The molecule has 0 aromatic heterocycles. The summed E-state index contributed by atoms with van der Waals surface area (Å²) in [5.41, 5.74) is 2.62. The van der Waals surface area contributed by atoms with Crippen molar-refractivity contribution >= 4 is 21.6 Å². The average molecular weight is 226 g/mol. The molecule has 1 unspecified atom stereocenters. The van der Waals surface area contributed by atoms with Crippen molar-refractivity contribution < 1.29 is 8.42 Å². The minimum Gasteiger partial charge on any atom is -0.271 e. The molecule has 0 aliphatic carbocycles. The first-order valence-corrected chi connectivity index (χ1v) is 7.42. The van der Waals surface area contributed by atoms with Gasteiger partial charge in [0.25, 0.3) is 0 Å². The molecule has 0 spiro atoms. The maximum Gasteiger partial charge on any atom is 0.147 e. The van der Waals surface area contributed by atoms with Crippen molar-refractivity contribution in [3.8, 4) is 0 Å². The van der Waals surface area contributed by atoms with Gasteiger partial charge in [0.15, 0.2) is 0 Å². The minimum atomic E-state index is -2.86. The quantitative estimate of drug-likeness (QED) is 0.472. The molecule has 0 fully saturated rings. The molecule has 0 aliphatic heterocycles. The Morgan fingerprint density at radius 1 is 1.54 bits per heavy atom. The molecule has 6 heteroatoms. The molecule has 0 aromatic rings. The fraction of sp³-hybridized carbons (Fsp3) is 1.00. The third-order valence-electron chi connectivity index (χ3n) is 1.60. The van der Waals surface area contributed by atoms with Crippen LogP contribution in [0.1, 0.15) is 13.3 Å². The highest BCUT2D eigenvalue weighted by Gasteiger charge is 2.10. The van der Waals surface area contributed by atoms with Crippen LogP contribution < -0.4 is 11.3 Å². The van der Waals surface area contributed by atoms with Gasteiger partial charge in [-0.25, -0.2) is 8.42 Å². The zero-order valence-electron chi connectivity index (χ0n) is 8.12. The summed E-state index contributed by atoms with van der Waals surface area (Å²) in [6, 6.07) is 0.0969. The van der Waals surface area contributed by atoms with Gasteiger partial charge in [0.2, 0.25) is 0 Å². The SMILES string of the molecule is CCSCC(CCS(C)(=O)=O)NN. The van der Waals surface area contributed by atoms with Crippen molar-refractivity contribution in [3.05, 3.63) is 0 Å². The van der Waals surface area contributed by atoms with Crippen molar-refractivity contribution in [1.82, 2.24) is 5.43 Å². The average Bonchev–Trinajstić information content (AvgIpc) is 2.03. The molecule has 0 heterocycles. The van der Waals surface area contributed by atoms with Crippen LogP contribution in [0, 0.1) is 0 Å². The van der Waals surface area contributed by atoms with Gasteiger partial charge in [-0.1, -0.05) is 6.92 Å². The Hall–Kier alpha value is 0.220. The predicted molar refractivity (Wildman–Crippen MR) is 58.4 cm³/mol. The molecular weight excluding hydrogens is 208 g/mol. The lowest BCUT2D eigenvalue weighted by molar-refractivity contribution is 0.550. The molecule has 0 aliphatic rings. The van der Waals surface area contributed by atoms with E-state index in [0.717, 1.165) is 11.5 Å². The van der Waals surface area contributed by atoms with Crippen molar-refractivity contribution in [3.63, 3.8) is 0 Å². The second kappa shape index (κ2) is 6.64. The van der Waals surface area contributed by atoms with Gasteiger partial charge >= 0.3 is 0 Å². The fourth-order valence-electron chi connectivity index (χ4n) is 0.831. The van der Waals surface area contributed by atoms with Crippen LogP contribution in [0.15, 0.2) is 0 Å². The van der Waals surface area contributed by atoms with Gasteiger partial charge in [-0.3, -0.25) is 11.3 Å². The van der Waals surface area contributed by atoms with Gasteiger partial charge < -0.3 is 0 Å². The Balaban J connectivity index is 3.72. The minimum absolute atomic E-state index is 0.0969. The standard InChI is InChI=1S/C7H18N2O2S2/c1-3-12-6-7(9-8)4-5-13(2,10)11/h7,9H,3-6,8H2,1-2H3. The van der Waals surface area contributed by atoms with E-state index in [2.05, 4.69) is 12.3 Å². The lowest BCUT2D eigenvalue weighted by atomic mass is 10.3. The number of thioether (sulfide) groups is 1. The van der Waals surface area contributed by atoms with Gasteiger partial charge in [0, 0.05) is 18.1 Å². The zero-order valence-corrected chi connectivity index (χ0v) is 9.75. The molecule has 0 radical (unpaired) electrons. The van der Waals surface area contributed by atoms with Crippen LogP contribution in [0.2, 0.25) is 0 Å². The highest BCUT2D eigenvalue weighted by molar-refractivity contribution is 7.99. The zero-order chi connectivity index (χ0) is 10.3. The van der Waals surface area contributed by atoms with Crippen molar-refractivity contribution in [2.75, 3.05) is 23.5 Å². The maximum absolute atomic E-state index is 10.9. The largest absolute Gasteiger partial charge is 0.271 e. The smallest absolute Gasteiger partial charge is 0.147 e. The first-order chi connectivity index (χ1) is 5.99. The Morgan fingerprint density at radius 3 is 2.54 bits per heavy atom. The normalized spacial score (nSPS) is 14.4. The number of rotatable bonds is 7. The van der Waals surface area contributed by atoms with Crippen LogP contribution in [0.4, 0.5) is 0 Å². The van der Waals surface area contributed by atoms with Gasteiger partial charge in [-0.2, -0.15) is 11.8 Å². The van der Waals surface area contributed by atoms with Crippen LogP contribution in [0.25, 0.3) is 0 Å². The highest BCUT2D eigenvalue weighted by Crippen LogP contribution is 2.05. The van der Waals surface area contributed by atoms with E-state index in [1.54, 1.807) is 11.8 Å². The Kier molecular flexibility index (Phi) is 6.75. The van der Waals surface area contributed by atoms with E-state index >= 15 is 0 Å². The summed E-state index contributed by atoms with van der Waals surface area (Å²) >= 11 is 1.75. The van der Waals surface area contributed by atoms with Crippen molar-refractivity contribution in [1.29, 1.82) is 0 Å². The Morgan fingerprint density at radius 2 is 2.15 bits per heavy atom. The molecule has 0 rings (SSSR count). The summed E-state index contributed by atoms with van der Waals surface area (Å²) in [4.78, 5) is 0. The van der Waals surface area contributed by atoms with Gasteiger partial charge in [0.1, 0.15) is 9.84 Å². The molecule has 0 saturated carbocycles. The molecule has 1 atom stereocenters. The molecule has 0 saturated heterocycles. The third-order valence-corrected chi connectivity index (χ3v) is 3.62. The summed E-state index contributed by atoms with van der Waals surface area (Å²) in [7, 11) is -2.86. The van der Waals surface area contributed by atoms with Crippen molar-refractivity contribution in [2.45, 2.75) is 19.4 Å². The monoisotopic (exact) mass is 226 g/mol. The summed E-state index contributed by atoms with van der Waals surface area (Å²) in [6.07, 6.45) is 1.83. The number of nitrogens with one attached hydrogen (secondary N) is 1. The molecule has 80 valence electrons. The molecule has 0 amide bonds. The molecule has 4 nitrogen and oxygen atoms in total. The second-order valence-corrected chi connectivity index (χ2v) is 6.52. The first-order valence-electron chi connectivity index (χ1n) is 4.21. The van der Waals surface area contributed by atoms with E-state index in [9.17, 15) is 8.42 Å². The van der Waals surface area contributed by atoms with E-state index in [1.165, 1.54) is 6.26 Å². The third kappa shape index (κ3) is 8.55. The number of sulfone groups is 1. The van der Waals surface area contributed by atoms with Gasteiger partial charge in [0.05, 0.1) is 5.75 Å². The Labute approximate surface area is 84.5 Å². The molecule has 0 aromatic carbocycles. The maximum atomic E-state index is 10.9. The molecule has 0 bridgehead atoms. The summed E-state index contributed by atoms with van der Waals surface area (Å²) < 4.78 is 21.7. The second-order valence-electron chi connectivity index (χ2n) is 2.94. The fourth-order valence-corrected chi connectivity index (χ4v) is 2.33. The van der Waals surface area contributed by atoms with Crippen LogP contribution in [-0.4, -0.2) is 38.0 Å². The van der Waals surface area contributed by atoms with E-state index in [0.29, 0.717) is 6.42 Å². The summed E-state index contributed by atoms with van der Waals surface area (Å²) in [5.74, 6) is 7.37. The van der Waals surface area contributed by atoms with Gasteiger partial charge in [-0.15, -0.1) is 0 Å². The first kappa shape index (κ1) is 13.2. The number of nitrogens with two attached hydrogens (primary N) is 1. The molecule has 13 heavy (non-hydrogen) atoms. The number of hydrogen-bond acceptors (Lipinski definition) is 5. The Bertz CT molecular complexity index is 217. The molecule has 3 N–H and O–H groups in total. The van der Waals surface area contributed by atoms with Crippen LogP contribution in [0.5, 0.6) is 0 Å². The predicted octanol–water partition coefficient (Wildman–Crippen LogP) is 0.00610. The van der Waals surface area contributed by atoms with E-state index in [1.807, 2.05) is 0 Å². The van der Waals surface area contributed by atoms with E-state index in [4.69, 9.17) is 5.84 Å². The summed E-state index contributed by atoms with van der Waals surface area (Å²) in [6.45, 7) is 2.06. The number of hydrogen-bond donors (Lipinski definition) is 2.